The number of methoxy groups -OCH3 is 1. The standard InChI is InChI=1S/C17H22N6O3/c1-26-14-4-2-12(3-5-14)9-22-7-6-13(22)8-19-17(25)15-10-23(21-20-15)11-16(18)24/h2-5,10,13H,6-9,11H2,1H3,(H2,18,24)(H,19,25)/t13-/m1/s1. The zero-order chi connectivity index (χ0) is 18.5. The summed E-state index contributed by atoms with van der Waals surface area (Å²) in [5.74, 6) is -0.00641. The molecule has 2 amide bonds. The first-order chi connectivity index (χ1) is 12.5. The van der Waals surface area contributed by atoms with Crippen molar-refractivity contribution in [1.82, 2.24) is 25.2 Å². The van der Waals surface area contributed by atoms with E-state index in [1.54, 1.807) is 7.11 Å². The van der Waals surface area contributed by atoms with Gasteiger partial charge < -0.3 is 15.8 Å². The number of nitrogens with two attached hydrogens (primary N) is 1. The van der Waals surface area contributed by atoms with E-state index < -0.39 is 5.91 Å². The van der Waals surface area contributed by atoms with Crippen LogP contribution in [-0.2, 0) is 17.9 Å². The summed E-state index contributed by atoms with van der Waals surface area (Å²) in [4.78, 5) is 25.3. The summed E-state index contributed by atoms with van der Waals surface area (Å²) in [6, 6.07) is 8.28. The molecule has 26 heavy (non-hydrogen) atoms. The van der Waals surface area contributed by atoms with Crippen LogP contribution in [-0.4, -0.2) is 57.9 Å². The molecule has 9 heteroatoms. The summed E-state index contributed by atoms with van der Waals surface area (Å²) in [5, 5.41) is 10.3. The first-order valence-corrected chi connectivity index (χ1v) is 8.39. The van der Waals surface area contributed by atoms with Crippen molar-refractivity contribution in [2.75, 3.05) is 20.2 Å². The Bertz CT molecular complexity index is 773. The molecule has 0 bridgehead atoms. The lowest BCUT2D eigenvalue weighted by molar-refractivity contribution is -0.118. The minimum Gasteiger partial charge on any atom is -0.497 e. The number of primary amides is 1. The molecule has 1 aliphatic heterocycles. The molecule has 0 saturated carbocycles. The second-order valence-corrected chi connectivity index (χ2v) is 6.24. The van der Waals surface area contributed by atoms with Crippen LogP contribution in [0.4, 0.5) is 0 Å². The van der Waals surface area contributed by atoms with Gasteiger partial charge >= 0.3 is 0 Å². The maximum absolute atomic E-state index is 12.1. The van der Waals surface area contributed by atoms with Gasteiger partial charge in [0.05, 0.1) is 13.3 Å². The third-order valence-corrected chi connectivity index (χ3v) is 4.40. The highest BCUT2D eigenvalue weighted by atomic mass is 16.5. The van der Waals surface area contributed by atoms with Crippen molar-refractivity contribution in [3.05, 3.63) is 41.7 Å². The zero-order valence-electron chi connectivity index (χ0n) is 14.6. The van der Waals surface area contributed by atoms with Gasteiger partial charge in [0.25, 0.3) is 5.91 Å². The largest absolute Gasteiger partial charge is 0.497 e. The topological polar surface area (TPSA) is 115 Å². The van der Waals surface area contributed by atoms with Gasteiger partial charge in [-0.25, -0.2) is 4.68 Å². The quantitative estimate of drug-likeness (QED) is 0.674. The molecule has 1 atom stereocenters. The van der Waals surface area contributed by atoms with Gasteiger partial charge in [0.15, 0.2) is 5.69 Å². The molecule has 2 heterocycles. The normalized spacial score (nSPS) is 16.7. The van der Waals surface area contributed by atoms with E-state index in [1.165, 1.54) is 16.4 Å². The van der Waals surface area contributed by atoms with Crippen molar-refractivity contribution >= 4 is 11.8 Å². The van der Waals surface area contributed by atoms with E-state index in [0.29, 0.717) is 12.6 Å². The van der Waals surface area contributed by atoms with Crippen molar-refractivity contribution in [3.8, 4) is 5.75 Å². The monoisotopic (exact) mass is 358 g/mol. The number of nitrogens with zero attached hydrogens (tertiary/aromatic N) is 4. The van der Waals surface area contributed by atoms with Crippen molar-refractivity contribution in [2.24, 2.45) is 5.73 Å². The number of rotatable bonds is 8. The number of hydrogen-bond donors (Lipinski definition) is 2. The highest BCUT2D eigenvalue weighted by Gasteiger charge is 2.28. The fraction of sp³-hybridized carbons (Fsp3) is 0.412. The van der Waals surface area contributed by atoms with Crippen molar-refractivity contribution < 1.29 is 14.3 Å². The Kier molecular flexibility index (Phi) is 5.47. The Morgan fingerprint density at radius 1 is 1.35 bits per heavy atom. The van der Waals surface area contributed by atoms with Crippen LogP contribution in [0.15, 0.2) is 30.5 Å². The fourth-order valence-electron chi connectivity index (χ4n) is 2.84. The SMILES string of the molecule is COc1ccc(CN2CC[C@@H]2CNC(=O)c2cn(CC(N)=O)nn2)cc1. The molecule has 9 nitrogen and oxygen atoms in total. The van der Waals surface area contributed by atoms with Crippen molar-refractivity contribution in [3.63, 3.8) is 0 Å². The van der Waals surface area contributed by atoms with Crippen LogP contribution in [0, 0.1) is 0 Å². The smallest absolute Gasteiger partial charge is 0.273 e. The summed E-state index contributed by atoms with van der Waals surface area (Å²) >= 11 is 0. The summed E-state index contributed by atoms with van der Waals surface area (Å²) in [5.41, 5.74) is 6.47. The molecule has 0 unspecified atom stereocenters. The third-order valence-electron chi connectivity index (χ3n) is 4.40. The summed E-state index contributed by atoms with van der Waals surface area (Å²) in [7, 11) is 1.65. The molecular weight excluding hydrogens is 336 g/mol. The third kappa shape index (κ3) is 4.37. The number of nitrogens with one attached hydrogen (secondary N) is 1. The number of ether oxygens (including phenoxy) is 1. The van der Waals surface area contributed by atoms with Crippen LogP contribution in [0.2, 0.25) is 0 Å². The second-order valence-electron chi connectivity index (χ2n) is 6.24. The average molecular weight is 358 g/mol. The Balaban J connectivity index is 1.47. The van der Waals surface area contributed by atoms with Gasteiger partial charge in [-0.05, 0) is 24.1 Å². The summed E-state index contributed by atoms with van der Waals surface area (Å²) in [6.45, 7) is 2.27. The van der Waals surface area contributed by atoms with Crippen LogP contribution < -0.4 is 15.8 Å². The van der Waals surface area contributed by atoms with Gasteiger partial charge in [0.2, 0.25) is 5.91 Å². The number of hydrogen-bond acceptors (Lipinski definition) is 6. The molecule has 1 fully saturated rings. The van der Waals surface area contributed by atoms with E-state index in [-0.39, 0.29) is 18.1 Å². The van der Waals surface area contributed by atoms with E-state index in [0.717, 1.165) is 25.3 Å². The number of aromatic nitrogens is 3. The molecule has 0 spiro atoms. The molecule has 1 saturated heterocycles. The molecule has 2 aromatic rings. The zero-order valence-corrected chi connectivity index (χ0v) is 14.6. The highest BCUT2D eigenvalue weighted by Crippen LogP contribution is 2.21. The molecule has 3 N–H and O–H groups in total. The molecule has 138 valence electrons. The van der Waals surface area contributed by atoms with Gasteiger partial charge in [0.1, 0.15) is 12.3 Å². The van der Waals surface area contributed by atoms with Gasteiger partial charge in [-0.2, -0.15) is 0 Å². The van der Waals surface area contributed by atoms with Crippen LogP contribution in [0.3, 0.4) is 0 Å². The number of benzene rings is 1. The first-order valence-electron chi connectivity index (χ1n) is 8.39. The predicted molar refractivity (Wildman–Crippen MR) is 93.4 cm³/mol. The lowest BCUT2D eigenvalue weighted by Gasteiger charge is -2.41. The number of carbonyl (C=O) groups excluding carboxylic acids is 2. The lowest BCUT2D eigenvalue weighted by atomic mass is 10.0. The molecular formula is C17H22N6O3. The van der Waals surface area contributed by atoms with Crippen molar-refractivity contribution in [2.45, 2.75) is 25.6 Å². The van der Waals surface area contributed by atoms with Gasteiger partial charge in [-0.1, -0.05) is 17.3 Å². The van der Waals surface area contributed by atoms with E-state index in [2.05, 4.69) is 20.5 Å². The van der Waals surface area contributed by atoms with Gasteiger partial charge in [-0.3, -0.25) is 14.5 Å². The molecule has 3 rings (SSSR count). The van der Waals surface area contributed by atoms with Crippen LogP contribution >= 0.6 is 0 Å². The number of carbonyl (C=O) groups is 2. The van der Waals surface area contributed by atoms with Crippen LogP contribution in [0.25, 0.3) is 0 Å². The summed E-state index contributed by atoms with van der Waals surface area (Å²) < 4.78 is 6.41. The minimum absolute atomic E-state index is 0.0987. The predicted octanol–water partition coefficient (Wildman–Crippen LogP) is -0.224. The second kappa shape index (κ2) is 7.96. The minimum atomic E-state index is -0.537. The Morgan fingerprint density at radius 2 is 2.12 bits per heavy atom. The molecule has 1 aliphatic rings. The van der Waals surface area contributed by atoms with E-state index in [4.69, 9.17) is 10.5 Å². The van der Waals surface area contributed by atoms with E-state index >= 15 is 0 Å². The van der Waals surface area contributed by atoms with Crippen LogP contribution in [0.5, 0.6) is 5.75 Å². The highest BCUT2D eigenvalue weighted by molar-refractivity contribution is 5.91. The lowest BCUT2D eigenvalue weighted by Crippen LogP contribution is -2.52. The van der Waals surface area contributed by atoms with Gasteiger partial charge in [0, 0.05) is 25.7 Å². The summed E-state index contributed by atoms with van der Waals surface area (Å²) in [6.07, 6.45) is 2.45. The fourth-order valence-corrected chi connectivity index (χ4v) is 2.84. The molecule has 1 aromatic heterocycles. The molecule has 1 aromatic carbocycles. The Morgan fingerprint density at radius 3 is 2.73 bits per heavy atom. The maximum Gasteiger partial charge on any atom is 0.273 e. The van der Waals surface area contributed by atoms with E-state index in [1.807, 2.05) is 24.3 Å². The Labute approximate surface area is 151 Å². The molecule has 0 radical (unpaired) electrons. The number of amides is 2. The first kappa shape index (κ1) is 17.9. The van der Waals surface area contributed by atoms with Gasteiger partial charge in [-0.15, -0.1) is 5.10 Å². The Hall–Kier alpha value is -2.94. The van der Waals surface area contributed by atoms with E-state index in [9.17, 15) is 9.59 Å². The average Bonchev–Trinajstić information content (AvgIpc) is 3.07. The van der Waals surface area contributed by atoms with Crippen LogP contribution in [0.1, 0.15) is 22.5 Å². The molecule has 0 aliphatic carbocycles. The van der Waals surface area contributed by atoms with Crippen molar-refractivity contribution in [1.29, 1.82) is 0 Å². The number of likely N-dealkylation sites (tertiary alicyclic amines) is 1. The maximum atomic E-state index is 12.1.